The summed E-state index contributed by atoms with van der Waals surface area (Å²) >= 11 is 0. The zero-order valence-corrected chi connectivity index (χ0v) is 17.4. The lowest BCUT2D eigenvalue weighted by Crippen LogP contribution is -2.50. The van der Waals surface area contributed by atoms with E-state index < -0.39 is 15.8 Å². The molecule has 0 radical (unpaired) electrons. The third-order valence-electron chi connectivity index (χ3n) is 4.87. The lowest BCUT2D eigenvalue weighted by Gasteiger charge is -2.35. The number of sulfonamides is 1. The van der Waals surface area contributed by atoms with Gasteiger partial charge < -0.3 is 9.80 Å². The lowest BCUT2D eigenvalue weighted by atomic mass is 10.1. The van der Waals surface area contributed by atoms with Crippen molar-refractivity contribution in [2.75, 3.05) is 32.7 Å². The summed E-state index contributed by atoms with van der Waals surface area (Å²) in [5.41, 5.74) is 0.598. The Kier molecular flexibility index (Phi) is 6.99. The van der Waals surface area contributed by atoms with E-state index in [0.29, 0.717) is 31.7 Å². The van der Waals surface area contributed by atoms with Gasteiger partial charge in [0.05, 0.1) is 11.0 Å². The van der Waals surface area contributed by atoms with E-state index in [1.165, 1.54) is 42.5 Å². The second kappa shape index (κ2) is 9.68. The number of nitriles is 1. The summed E-state index contributed by atoms with van der Waals surface area (Å²) in [5.74, 6) is -1.03. The predicted molar refractivity (Wildman–Crippen MR) is 110 cm³/mol. The van der Waals surface area contributed by atoms with E-state index in [2.05, 4.69) is 4.72 Å². The molecule has 0 atom stereocenters. The zero-order chi connectivity index (χ0) is 22.4. The summed E-state index contributed by atoms with van der Waals surface area (Å²) in [7, 11) is -3.74. The van der Waals surface area contributed by atoms with Crippen LogP contribution in [0.4, 0.5) is 4.39 Å². The number of nitrogens with one attached hydrogen (secondary N) is 1. The molecule has 162 valence electrons. The number of carbonyl (C=O) groups excluding carboxylic acids is 2. The Hall–Kier alpha value is -3.29. The van der Waals surface area contributed by atoms with Crippen LogP contribution in [0.2, 0.25) is 0 Å². The smallest absolute Gasteiger partial charge is 0.254 e. The molecular formula is C21H21FN4O4S. The van der Waals surface area contributed by atoms with Gasteiger partial charge in [-0.3, -0.25) is 9.59 Å². The summed E-state index contributed by atoms with van der Waals surface area (Å²) in [6.07, 6.45) is 0.0590. The number of nitrogens with zero attached hydrogens (tertiary/aromatic N) is 3. The molecule has 0 spiro atoms. The van der Waals surface area contributed by atoms with Crippen LogP contribution in [-0.2, 0) is 10.0 Å². The SMILES string of the molecule is N#CCCNS(=O)(=O)c1ccc(C(=O)N2CCN(C(=O)c3cccc(F)c3)CC2)cc1. The lowest BCUT2D eigenvalue weighted by molar-refractivity contribution is 0.0535. The highest BCUT2D eigenvalue weighted by atomic mass is 32.2. The molecule has 0 unspecified atom stereocenters. The normalized spacial score (nSPS) is 14.2. The van der Waals surface area contributed by atoms with Crippen LogP contribution >= 0.6 is 0 Å². The summed E-state index contributed by atoms with van der Waals surface area (Å²) in [6.45, 7) is 1.27. The van der Waals surface area contributed by atoms with E-state index in [-0.39, 0.29) is 35.2 Å². The Balaban J connectivity index is 1.59. The monoisotopic (exact) mass is 444 g/mol. The molecule has 1 aliphatic rings. The summed E-state index contributed by atoms with van der Waals surface area (Å²) < 4.78 is 40.0. The van der Waals surface area contributed by atoms with Gasteiger partial charge in [0.1, 0.15) is 5.82 Å². The van der Waals surface area contributed by atoms with Crippen molar-refractivity contribution in [3.63, 3.8) is 0 Å². The average Bonchev–Trinajstić information content (AvgIpc) is 2.78. The standard InChI is InChI=1S/C21H21FN4O4S/c22-18-4-1-3-17(15-18)21(28)26-13-11-25(12-14-26)20(27)16-5-7-19(8-6-16)31(29,30)24-10-2-9-23/h1,3-8,15,24H,2,10-14H2. The first-order valence-electron chi connectivity index (χ1n) is 9.62. The number of hydrogen-bond acceptors (Lipinski definition) is 5. The van der Waals surface area contributed by atoms with Gasteiger partial charge in [0, 0.05) is 50.3 Å². The summed E-state index contributed by atoms with van der Waals surface area (Å²) in [6, 6.07) is 12.9. The maximum atomic E-state index is 13.4. The van der Waals surface area contributed by atoms with E-state index in [1.807, 2.05) is 6.07 Å². The molecule has 0 bridgehead atoms. The van der Waals surface area contributed by atoms with Crippen LogP contribution in [0.5, 0.6) is 0 Å². The second-order valence-corrected chi connectivity index (χ2v) is 8.69. The van der Waals surface area contributed by atoms with Crippen LogP contribution in [0, 0.1) is 17.1 Å². The van der Waals surface area contributed by atoms with E-state index in [0.717, 1.165) is 0 Å². The van der Waals surface area contributed by atoms with E-state index in [4.69, 9.17) is 5.26 Å². The van der Waals surface area contributed by atoms with E-state index in [1.54, 1.807) is 15.9 Å². The number of benzene rings is 2. The van der Waals surface area contributed by atoms with Crippen LogP contribution in [0.3, 0.4) is 0 Å². The second-order valence-electron chi connectivity index (χ2n) is 6.93. The molecule has 2 amide bonds. The fraction of sp³-hybridized carbons (Fsp3) is 0.286. The van der Waals surface area contributed by atoms with E-state index in [9.17, 15) is 22.4 Å². The largest absolute Gasteiger partial charge is 0.335 e. The first kappa shape index (κ1) is 22.4. The molecule has 2 aromatic carbocycles. The number of halogens is 1. The Morgan fingerprint density at radius 2 is 1.55 bits per heavy atom. The van der Waals surface area contributed by atoms with Crippen molar-refractivity contribution in [1.29, 1.82) is 5.26 Å². The molecule has 31 heavy (non-hydrogen) atoms. The third-order valence-corrected chi connectivity index (χ3v) is 6.34. The van der Waals surface area contributed by atoms with Gasteiger partial charge in [0.25, 0.3) is 11.8 Å². The van der Waals surface area contributed by atoms with Crippen molar-refractivity contribution >= 4 is 21.8 Å². The molecule has 0 aromatic heterocycles. The zero-order valence-electron chi connectivity index (χ0n) is 16.6. The van der Waals surface area contributed by atoms with Crippen molar-refractivity contribution < 1.29 is 22.4 Å². The van der Waals surface area contributed by atoms with Crippen LogP contribution in [0.1, 0.15) is 27.1 Å². The van der Waals surface area contributed by atoms with Crippen molar-refractivity contribution in [2.45, 2.75) is 11.3 Å². The molecule has 1 N–H and O–H groups in total. The maximum absolute atomic E-state index is 13.4. The van der Waals surface area contributed by atoms with Gasteiger partial charge >= 0.3 is 0 Å². The minimum Gasteiger partial charge on any atom is -0.335 e. The van der Waals surface area contributed by atoms with Gasteiger partial charge in [0.2, 0.25) is 10.0 Å². The van der Waals surface area contributed by atoms with Crippen LogP contribution in [0.15, 0.2) is 53.4 Å². The van der Waals surface area contributed by atoms with Gasteiger partial charge in [-0.15, -0.1) is 0 Å². The molecule has 10 heteroatoms. The van der Waals surface area contributed by atoms with Gasteiger partial charge in [-0.1, -0.05) is 6.07 Å². The van der Waals surface area contributed by atoms with E-state index >= 15 is 0 Å². The minimum atomic E-state index is -3.74. The molecule has 1 aliphatic heterocycles. The van der Waals surface area contributed by atoms with Gasteiger partial charge in [0.15, 0.2) is 0 Å². The molecule has 1 saturated heterocycles. The fourth-order valence-corrected chi connectivity index (χ4v) is 4.23. The average molecular weight is 444 g/mol. The molecule has 3 rings (SSSR count). The number of amides is 2. The third kappa shape index (κ3) is 5.45. The molecular weight excluding hydrogens is 423 g/mol. The Bertz CT molecular complexity index is 1100. The highest BCUT2D eigenvalue weighted by Crippen LogP contribution is 2.15. The number of carbonyl (C=O) groups is 2. The Labute approximate surface area is 179 Å². The predicted octanol–water partition coefficient (Wildman–Crippen LogP) is 1.62. The van der Waals surface area contributed by atoms with Crippen molar-refractivity contribution in [3.8, 4) is 6.07 Å². The van der Waals surface area contributed by atoms with Gasteiger partial charge in [-0.05, 0) is 42.5 Å². The highest BCUT2D eigenvalue weighted by molar-refractivity contribution is 7.89. The van der Waals surface area contributed by atoms with Crippen molar-refractivity contribution in [1.82, 2.24) is 14.5 Å². The summed E-state index contributed by atoms with van der Waals surface area (Å²) in [5, 5.41) is 8.51. The molecule has 8 nitrogen and oxygen atoms in total. The van der Waals surface area contributed by atoms with Gasteiger partial charge in [-0.25, -0.2) is 17.5 Å². The van der Waals surface area contributed by atoms with Crippen LogP contribution < -0.4 is 4.72 Å². The quantitative estimate of drug-likeness (QED) is 0.681. The van der Waals surface area contributed by atoms with Crippen molar-refractivity contribution in [3.05, 3.63) is 65.5 Å². The minimum absolute atomic E-state index is 0.00694. The highest BCUT2D eigenvalue weighted by Gasteiger charge is 2.26. The maximum Gasteiger partial charge on any atom is 0.254 e. The number of rotatable bonds is 6. The Morgan fingerprint density at radius 1 is 0.968 bits per heavy atom. The topological polar surface area (TPSA) is 111 Å². The number of hydrogen-bond donors (Lipinski definition) is 1. The Morgan fingerprint density at radius 3 is 2.10 bits per heavy atom. The fourth-order valence-electron chi connectivity index (χ4n) is 3.20. The molecule has 0 aliphatic carbocycles. The first-order valence-corrected chi connectivity index (χ1v) is 11.1. The molecule has 1 heterocycles. The molecule has 2 aromatic rings. The molecule has 0 saturated carbocycles. The summed E-state index contributed by atoms with van der Waals surface area (Å²) in [4.78, 5) is 28.4. The first-order chi connectivity index (χ1) is 14.8. The van der Waals surface area contributed by atoms with Gasteiger partial charge in [-0.2, -0.15) is 5.26 Å². The van der Waals surface area contributed by atoms with Crippen LogP contribution in [0.25, 0.3) is 0 Å². The van der Waals surface area contributed by atoms with Crippen molar-refractivity contribution in [2.24, 2.45) is 0 Å². The molecule has 1 fully saturated rings. The number of piperazine rings is 1. The van der Waals surface area contributed by atoms with Crippen LogP contribution in [-0.4, -0.2) is 62.8 Å².